The zero-order chi connectivity index (χ0) is 29.5. The molecule has 41 heavy (non-hydrogen) atoms. The van der Waals surface area contributed by atoms with E-state index in [-0.39, 0.29) is 23.2 Å². The monoisotopic (exact) mass is 561 g/mol. The van der Waals surface area contributed by atoms with Crippen LogP contribution in [-0.4, -0.2) is 41.7 Å². The van der Waals surface area contributed by atoms with Gasteiger partial charge in [-0.3, -0.25) is 9.69 Å². The van der Waals surface area contributed by atoms with Gasteiger partial charge >= 0.3 is 5.97 Å². The number of piperidine rings is 1. The van der Waals surface area contributed by atoms with Gasteiger partial charge in [-0.2, -0.15) is 0 Å². The van der Waals surface area contributed by atoms with Crippen LogP contribution in [0.15, 0.2) is 48.5 Å². The third-order valence-corrected chi connectivity index (χ3v) is 9.99. The number of carbonyl (C=O) groups excluding carboxylic acids is 1. The lowest BCUT2D eigenvalue weighted by atomic mass is 9.77. The zero-order valence-electron chi connectivity index (χ0n) is 26.7. The summed E-state index contributed by atoms with van der Waals surface area (Å²) in [5.74, 6) is 2.40. The molecule has 0 atom stereocenters. The molecule has 2 aromatic rings. The van der Waals surface area contributed by atoms with Crippen molar-refractivity contribution < 1.29 is 14.3 Å². The number of hydrogen-bond donors (Lipinski definition) is 0. The van der Waals surface area contributed by atoms with Gasteiger partial charge in [-0.15, -0.1) is 0 Å². The predicted octanol–water partition coefficient (Wildman–Crippen LogP) is 9.56. The van der Waals surface area contributed by atoms with E-state index in [2.05, 4.69) is 83.0 Å². The lowest BCUT2D eigenvalue weighted by Crippen LogP contribution is -2.60. The van der Waals surface area contributed by atoms with Crippen molar-refractivity contribution in [2.24, 2.45) is 5.92 Å². The molecule has 1 saturated carbocycles. The molecule has 4 nitrogen and oxygen atoms in total. The number of rotatable bonds is 12. The first-order chi connectivity index (χ1) is 19.6. The number of esters is 1. The fraction of sp³-hybridized carbons (Fsp3) is 0.649. The van der Waals surface area contributed by atoms with Gasteiger partial charge in [0, 0.05) is 30.3 Å². The van der Waals surface area contributed by atoms with Crippen molar-refractivity contribution in [1.29, 1.82) is 0 Å². The molecule has 0 bridgehead atoms. The molecule has 0 amide bonds. The van der Waals surface area contributed by atoms with Crippen molar-refractivity contribution in [2.75, 3.05) is 13.7 Å². The van der Waals surface area contributed by atoms with Crippen LogP contribution in [0.2, 0.25) is 0 Å². The van der Waals surface area contributed by atoms with Crippen LogP contribution in [0.1, 0.15) is 123 Å². The van der Waals surface area contributed by atoms with Gasteiger partial charge in [-0.05, 0) is 108 Å². The van der Waals surface area contributed by atoms with Crippen molar-refractivity contribution in [1.82, 2.24) is 4.90 Å². The van der Waals surface area contributed by atoms with Crippen molar-refractivity contribution in [3.05, 3.63) is 54.1 Å². The molecular weight excluding hydrogens is 506 g/mol. The molecule has 226 valence electrons. The summed E-state index contributed by atoms with van der Waals surface area (Å²) >= 11 is 0. The summed E-state index contributed by atoms with van der Waals surface area (Å²) < 4.78 is 11.8. The van der Waals surface area contributed by atoms with E-state index in [1.165, 1.54) is 68.1 Å². The Morgan fingerprint density at radius 3 is 2.00 bits per heavy atom. The predicted molar refractivity (Wildman–Crippen MR) is 170 cm³/mol. The second-order valence-electron chi connectivity index (χ2n) is 14.0. The van der Waals surface area contributed by atoms with E-state index >= 15 is 0 Å². The molecule has 1 saturated heterocycles. The molecule has 2 aliphatic rings. The van der Waals surface area contributed by atoms with E-state index in [9.17, 15) is 4.79 Å². The van der Waals surface area contributed by atoms with Crippen molar-refractivity contribution >= 4 is 5.97 Å². The number of ether oxygens (including phenoxy) is 2. The van der Waals surface area contributed by atoms with E-state index in [4.69, 9.17) is 9.47 Å². The SMILES string of the molecule is CCCCCC1CCC(c2ccc(-c3ccc(OCCCC(=O)OC4CC(C)(C)N(C)C(C)(C)C4)cc3)cc2)CC1. The lowest BCUT2D eigenvalue weighted by molar-refractivity contribution is -0.159. The molecule has 1 heterocycles. The fourth-order valence-electron chi connectivity index (χ4n) is 7.17. The minimum Gasteiger partial charge on any atom is -0.494 e. The highest BCUT2D eigenvalue weighted by Crippen LogP contribution is 2.39. The molecule has 0 radical (unpaired) electrons. The average molecular weight is 562 g/mol. The highest BCUT2D eigenvalue weighted by Gasteiger charge is 2.44. The Balaban J connectivity index is 1.17. The second-order valence-corrected chi connectivity index (χ2v) is 14.0. The molecule has 0 unspecified atom stereocenters. The second kappa shape index (κ2) is 14.2. The number of unbranched alkanes of at least 4 members (excludes halogenated alkanes) is 2. The third kappa shape index (κ3) is 8.83. The van der Waals surface area contributed by atoms with Crippen LogP contribution < -0.4 is 4.74 Å². The molecule has 1 aliphatic carbocycles. The quantitative estimate of drug-likeness (QED) is 0.191. The van der Waals surface area contributed by atoms with Crippen LogP contribution in [-0.2, 0) is 9.53 Å². The summed E-state index contributed by atoms with van der Waals surface area (Å²) in [5, 5.41) is 0. The molecule has 4 heteroatoms. The first-order valence-corrected chi connectivity index (χ1v) is 16.3. The molecule has 2 aromatic carbocycles. The maximum Gasteiger partial charge on any atom is 0.306 e. The Labute approximate surface area is 250 Å². The molecule has 4 rings (SSSR count). The van der Waals surface area contributed by atoms with E-state index in [0.29, 0.717) is 19.4 Å². The van der Waals surface area contributed by atoms with Crippen LogP contribution in [0.5, 0.6) is 5.75 Å². The number of hydrogen-bond acceptors (Lipinski definition) is 4. The summed E-state index contributed by atoms with van der Waals surface area (Å²) in [4.78, 5) is 14.9. The summed E-state index contributed by atoms with van der Waals surface area (Å²) in [5.41, 5.74) is 3.98. The molecule has 1 aliphatic heterocycles. The summed E-state index contributed by atoms with van der Waals surface area (Å²) in [7, 11) is 2.17. The van der Waals surface area contributed by atoms with Crippen LogP contribution in [0, 0.1) is 5.92 Å². The number of benzene rings is 2. The van der Waals surface area contributed by atoms with E-state index < -0.39 is 0 Å². The van der Waals surface area contributed by atoms with Gasteiger partial charge in [-0.25, -0.2) is 0 Å². The van der Waals surface area contributed by atoms with Crippen LogP contribution in [0.25, 0.3) is 11.1 Å². The Morgan fingerprint density at radius 1 is 0.829 bits per heavy atom. The highest BCUT2D eigenvalue weighted by molar-refractivity contribution is 5.69. The topological polar surface area (TPSA) is 38.8 Å². The maximum atomic E-state index is 12.5. The minimum absolute atomic E-state index is 0.0107. The van der Waals surface area contributed by atoms with Crippen LogP contribution in [0.4, 0.5) is 0 Å². The van der Waals surface area contributed by atoms with E-state index in [0.717, 1.165) is 30.4 Å². The Morgan fingerprint density at radius 2 is 1.41 bits per heavy atom. The summed E-state index contributed by atoms with van der Waals surface area (Å²) in [6.07, 6.45) is 13.8. The van der Waals surface area contributed by atoms with Gasteiger partial charge in [-0.1, -0.05) is 69.0 Å². The normalized spacial score (nSPS) is 22.8. The van der Waals surface area contributed by atoms with E-state index in [1.807, 2.05) is 12.1 Å². The smallest absolute Gasteiger partial charge is 0.306 e. The Bertz CT molecular complexity index is 1060. The van der Waals surface area contributed by atoms with E-state index in [1.54, 1.807) is 0 Å². The maximum absolute atomic E-state index is 12.5. The van der Waals surface area contributed by atoms with Crippen LogP contribution >= 0.6 is 0 Å². The van der Waals surface area contributed by atoms with Gasteiger partial charge in [0.15, 0.2) is 0 Å². The van der Waals surface area contributed by atoms with Crippen molar-refractivity contribution in [2.45, 2.75) is 135 Å². The largest absolute Gasteiger partial charge is 0.494 e. The van der Waals surface area contributed by atoms with Gasteiger partial charge < -0.3 is 9.47 Å². The van der Waals surface area contributed by atoms with Gasteiger partial charge in [0.05, 0.1) is 6.61 Å². The first-order valence-electron chi connectivity index (χ1n) is 16.3. The molecule has 0 aromatic heterocycles. The van der Waals surface area contributed by atoms with Gasteiger partial charge in [0.2, 0.25) is 0 Å². The molecule has 0 spiro atoms. The number of nitrogens with zero attached hydrogens (tertiary/aromatic N) is 1. The first kappa shape index (κ1) is 31.6. The highest BCUT2D eigenvalue weighted by atomic mass is 16.5. The minimum atomic E-state index is -0.117. The molecular formula is C37H55NO3. The summed E-state index contributed by atoms with van der Waals surface area (Å²) in [6, 6.07) is 17.6. The fourth-order valence-corrected chi connectivity index (χ4v) is 7.17. The molecule has 0 N–H and O–H groups in total. The van der Waals surface area contributed by atoms with Gasteiger partial charge in [0.1, 0.15) is 11.9 Å². The third-order valence-electron chi connectivity index (χ3n) is 9.99. The average Bonchev–Trinajstić information content (AvgIpc) is 2.95. The number of carbonyl (C=O) groups is 1. The van der Waals surface area contributed by atoms with Crippen molar-refractivity contribution in [3.8, 4) is 16.9 Å². The van der Waals surface area contributed by atoms with Crippen LogP contribution in [0.3, 0.4) is 0 Å². The Hall–Kier alpha value is -2.33. The lowest BCUT2D eigenvalue weighted by Gasteiger charge is -2.53. The zero-order valence-corrected chi connectivity index (χ0v) is 26.7. The number of likely N-dealkylation sites (tertiary alicyclic amines) is 1. The Kier molecular flexibility index (Phi) is 11.0. The summed E-state index contributed by atoms with van der Waals surface area (Å²) in [6.45, 7) is 11.7. The standard InChI is InChI=1S/C37H55NO3/c1-7-8-9-11-28-13-15-29(16-14-28)30-17-19-31(20-18-30)32-21-23-33(24-22-32)40-25-10-12-35(39)41-34-26-36(2,3)38(6)37(4,5)27-34/h17-24,28-29,34H,7-16,25-27H2,1-6H3. The van der Waals surface area contributed by atoms with Crippen molar-refractivity contribution in [3.63, 3.8) is 0 Å². The van der Waals surface area contributed by atoms with Gasteiger partial charge in [0.25, 0.3) is 0 Å². The molecule has 2 fully saturated rings.